The van der Waals surface area contributed by atoms with Crippen molar-refractivity contribution in [1.29, 1.82) is 0 Å². The van der Waals surface area contributed by atoms with Crippen molar-refractivity contribution in [3.05, 3.63) is 70.8 Å². The number of aromatic nitrogens is 2. The van der Waals surface area contributed by atoms with E-state index in [1.54, 1.807) is 18.3 Å². The van der Waals surface area contributed by atoms with Crippen LogP contribution in [0.15, 0.2) is 60.4 Å². The summed E-state index contributed by atoms with van der Waals surface area (Å²) in [6.07, 6.45) is 4.49. The molecule has 3 aromatic rings. The summed E-state index contributed by atoms with van der Waals surface area (Å²) in [6, 6.07) is 9.34. The van der Waals surface area contributed by atoms with Gasteiger partial charge >= 0.3 is 12.0 Å². The third kappa shape index (κ3) is 6.11. The summed E-state index contributed by atoms with van der Waals surface area (Å²) in [5.74, 6) is -1.17. The van der Waals surface area contributed by atoms with Gasteiger partial charge in [-0.3, -0.25) is 15.1 Å². The first kappa shape index (κ1) is 20.0. The highest BCUT2D eigenvalue weighted by Crippen LogP contribution is 2.22. The summed E-state index contributed by atoms with van der Waals surface area (Å²) >= 11 is 1.48. The molecule has 2 N–H and O–H groups in total. The van der Waals surface area contributed by atoms with Gasteiger partial charge in [0.05, 0.1) is 12.7 Å². The summed E-state index contributed by atoms with van der Waals surface area (Å²) in [4.78, 5) is 44.7. The zero-order chi connectivity index (χ0) is 20.5. The number of hydrogen-bond acceptors (Lipinski definition) is 8. The highest BCUT2D eigenvalue weighted by Gasteiger charge is 2.18. The van der Waals surface area contributed by atoms with Gasteiger partial charge < -0.3 is 14.8 Å². The molecule has 0 aliphatic heterocycles. The monoisotopic (exact) mass is 412 g/mol. The molecule has 0 aliphatic rings. The number of rotatable bonds is 7. The Kier molecular flexibility index (Phi) is 6.85. The van der Waals surface area contributed by atoms with Crippen LogP contribution >= 0.6 is 11.3 Å². The minimum atomic E-state index is -0.814. The minimum Gasteiger partial charge on any atom is -0.452 e. The normalized spacial score (nSPS) is 10.1. The van der Waals surface area contributed by atoms with Crippen LogP contribution in [0.1, 0.15) is 15.2 Å². The van der Waals surface area contributed by atoms with Gasteiger partial charge in [-0.25, -0.2) is 14.6 Å². The van der Waals surface area contributed by atoms with Crippen LogP contribution in [-0.4, -0.2) is 34.5 Å². The van der Waals surface area contributed by atoms with Crippen LogP contribution in [0.25, 0.3) is 0 Å². The third-order valence-electron chi connectivity index (χ3n) is 3.43. The van der Waals surface area contributed by atoms with Crippen molar-refractivity contribution in [1.82, 2.24) is 20.6 Å². The zero-order valence-corrected chi connectivity index (χ0v) is 15.8. The molecule has 3 rings (SSSR count). The number of pyridine rings is 2. The van der Waals surface area contributed by atoms with Gasteiger partial charge in [-0.2, -0.15) is 0 Å². The fourth-order valence-electron chi connectivity index (χ4n) is 2.14. The van der Waals surface area contributed by atoms with E-state index >= 15 is 0 Å². The van der Waals surface area contributed by atoms with E-state index in [2.05, 4.69) is 20.6 Å². The van der Waals surface area contributed by atoms with Crippen molar-refractivity contribution in [3.8, 4) is 11.6 Å². The quantitative estimate of drug-likeness (QED) is 0.572. The van der Waals surface area contributed by atoms with E-state index < -0.39 is 24.5 Å². The van der Waals surface area contributed by atoms with Gasteiger partial charge in [0.15, 0.2) is 6.61 Å². The lowest BCUT2D eigenvalue weighted by molar-refractivity contribution is -0.123. The highest BCUT2D eigenvalue weighted by atomic mass is 32.1. The molecule has 0 radical (unpaired) electrons. The summed E-state index contributed by atoms with van der Waals surface area (Å²) in [7, 11) is 0. The van der Waals surface area contributed by atoms with Crippen LogP contribution in [0.2, 0.25) is 0 Å². The van der Waals surface area contributed by atoms with E-state index in [9.17, 15) is 14.4 Å². The number of nitrogens with zero attached hydrogens (tertiary/aromatic N) is 2. The Labute approximate surface area is 169 Å². The van der Waals surface area contributed by atoms with Crippen molar-refractivity contribution in [2.45, 2.75) is 6.54 Å². The largest absolute Gasteiger partial charge is 0.452 e. The number of amides is 3. The highest BCUT2D eigenvalue weighted by molar-refractivity contribution is 7.09. The maximum absolute atomic E-state index is 12.3. The second kappa shape index (κ2) is 9.95. The van der Waals surface area contributed by atoms with Crippen LogP contribution in [0.3, 0.4) is 0 Å². The molecular weight excluding hydrogens is 396 g/mol. The Hall–Kier alpha value is -3.79. The lowest BCUT2D eigenvalue weighted by Crippen LogP contribution is -2.41. The Morgan fingerprint density at radius 2 is 1.93 bits per heavy atom. The molecule has 0 spiro atoms. The number of thiophene rings is 1. The Balaban J connectivity index is 1.50. The maximum Gasteiger partial charge on any atom is 0.344 e. The number of carbonyl (C=O) groups excluding carboxylic acids is 3. The summed E-state index contributed by atoms with van der Waals surface area (Å²) in [6.45, 7) is -0.340. The molecule has 0 bridgehead atoms. The SMILES string of the molecule is O=C(COC(=O)c1cccnc1Oc1cccnc1)NC(=O)NCc1cccs1. The number of carbonyl (C=O) groups is 3. The second-order valence-electron chi connectivity index (χ2n) is 5.53. The van der Waals surface area contributed by atoms with Gasteiger partial charge in [0.1, 0.15) is 11.3 Å². The van der Waals surface area contributed by atoms with Gasteiger partial charge in [0.25, 0.3) is 5.91 Å². The van der Waals surface area contributed by atoms with Crippen molar-refractivity contribution in [3.63, 3.8) is 0 Å². The Morgan fingerprint density at radius 3 is 2.69 bits per heavy atom. The molecule has 148 valence electrons. The number of nitrogens with one attached hydrogen (secondary N) is 2. The van der Waals surface area contributed by atoms with Gasteiger partial charge in [-0.15, -0.1) is 11.3 Å². The molecule has 3 heterocycles. The Morgan fingerprint density at radius 1 is 1.07 bits per heavy atom. The molecule has 0 saturated carbocycles. The molecule has 29 heavy (non-hydrogen) atoms. The third-order valence-corrected chi connectivity index (χ3v) is 4.31. The summed E-state index contributed by atoms with van der Waals surface area (Å²) in [5.41, 5.74) is 0.0336. The smallest absolute Gasteiger partial charge is 0.344 e. The van der Waals surface area contributed by atoms with Crippen LogP contribution in [-0.2, 0) is 16.1 Å². The number of hydrogen-bond donors (Lipinski definition) is 2. The molecule has 0 atom stereocenters. The predicted octanol–water partition coefficient (Wildman–Crippen LogP) is 2.51. The van der Waals surface area contributed by atoms with E-state index in [1.807, 2.05) is 17.5 Å². The number of esters is 1. The van der Waals surface area contributed by atoms with E-state index in [-0.39, 0.29) is 11.4 Å². The van der Waals surface area contributed by atoms with Crippen molar-refractivity contribution in [2.75, 3.05) is 6.61 Å². The van der Waals surface area contributed by atoms with Crippen LogP contribution in [0.4, 0.5) is 4.79 Å². The molecule has 3 amide bonds. The topological polar surface area (TPSA) is 120 Å². The molecule has 0 aliphatic carbocycles. The minimum absolute atomic E-state index is 0.0135. The molecular formula is C19H16N4O5S. The number of imide groups is 1. The molecule has 3 aromatic heterocycles. The van der Waals surface area contributed by atoms with Crippen molar-refractivity contribution >= 4 is 29.2 Å². The van der Waals surface area contributed by atoms with Gasteiger partial charge in [-0.1, -0.05) is 6.07 Å². The van der Waals surface area contributed by atoms with E-state index in [0.29, 0.717) is 12.3 Å². The maximum atomic E-state index is 12.3. The van der Waals surface area contributed by atoms with Crippen molar-refractivity contribution in [2.24, 2.45) is 0 Å². The Bertz CT molecular complexity index is 979. The fourth-order valence-corrected chi connectivity index (χ4v) is 2.79. The number of ether oxygens (including phenoxy) is 2. The first-order chi connectivity index (χ1) is 14.1. The molecule has 0 unspecified atom stereocenters. The number of urea groups is 1. The molecule has 0 saturated heterocycles. The van der Waals surface area contributed by atoms with Crippen LogP contribution in [0, 0.1) is 0 Å². The molecule has 0 fully saturated rings. The van der Waals surface area contributed by atoms with Crippen LogP contribution < -0.4 is 15.4 Å². The van der Waals surface area contributed by atoms with E-state index in [4.69, 9.17) is 9.47 Å². The van der Waals surface area contributed by atoms with Gasteiger partial charge in [0.2, 0.25) is 5.88 Å². The predicted molar refractivity (Wildman–Crippen MR) is 104 cm³/mol. The van der Waals surface area contributed by atoms with Gasteiger partial charge in [0, 0.05) is 17.3 Å². The zero-order valence-electron chi connectivity index (χ0n) is 15.0. The van der Waals surface area contributed by atoms with Crippen molar-refractivity contribution < 1.29 is 23.9 Å². The molecule has 9 nitrogen and oxygen atoms in total. The summed E-state index contributed by atoms with van der Waals surface area (Å²) in [5, 5.41) is 6.50. The molecule has 0 aromatic carbocycles. The van der Waals surface area contributed by atoms with Gasteiger partial charge in [-0.05, 0) is 35.7 Å². The van der Waals surface area contributed by atoms with E-state index in [1.165, 1.54) is 35.9 Å². The van der Waals surface area contributed by atoms with Crippen LogP contribution in [0.5, 0.6) is 11.6 Å². The molecule has 10 heteroatoms. The van der Waals surface area contributed by atoms with E-state index in [0.717, 1.165) is 4.88 Å². The summed E-state index contributed by atoms with van der Waals surface area (Å²) < 4.78 is 10.5. The standard InChI is InChI=1S/C19H16N4O5S/c24-16(23-19(26)22-11-14-5-3-9-29-14)12-27-18(25)15-6-2-8-21-17(15)28-13-4-1-7-20-10-13/h1-10H,11-12H2,(H2,22,23,24,26). The average Bonchev–Trinajstić information content (AvgIpc) is 3.25. The average molecular weight is 412 g/mol. The second-order valence-corrected chi connectivity index (χ2v) is 6.57. The lowest BCUT2D eigenvalue weighted by atomic mass is 10.3. The first-order valence-electron chi connectivity index (χ1n) is 8.42. The fraction of sp³-hybridized carbons (Fsp3) is 0.105. The lowest BCUT2D eigenvalue weighted by Gasteiger charge is -2.10. The first-order valence-corrected chi connectivity index (χ1v) is 9.30.